The Morgan fingerprint density at radius 1 is 1.42 bits per heavy atom. The number of hydrogen-bond donors (Lipinski definition) is 1. The molecule has 0 saturated heterocycles. The maximum Gasteiger partial charge on any atom is 0.254 e. The first-order chi connectivity index (χ1) is 8.83. The molecule has 4 heteroatoms. The zero-order chi connectivity index (χ0) is 13.8. The Balaban J connectivity index is 1.88. The van der Waals surface area contributed by atoms with E-state index in [1.54, 1.807) is 6.92 Å². The molecule has 1 heterocycles. The predicted molar refractivity (Wildman–Crippen MR) is 73.2 cm³/mol. The van der Waals surface area contributed by atoms with Gasteiger partial charge in [0.15, 0.2) is 0 Å². The smallest absolute Gasteiger partial charge is 0.254 e. The summed E-state index contributed by atoms with van der Waals surface area (Å²) in [5.41, 5.74) is 0.360. The lowest BCUT2D eigenvalue weighted by Gasteiger charge is -2.38. The SMILES string of the molecule is Cc1nc(OC2CC3CCC2(C)C3(C)C)cc(=O)[nH]1. The highest BCUT2D eigenvalue weighted by molar-refractivity contribution is 5.15. The molecule has 3 rings (SSSR count). The summed E-state index contributed by atoms with van der Waals surface area (Å²) in [6, 6.07) is 1.45. The van der Waals surface area contributed by atoms with Crippen LogP contribution in [0.4, 0.5) is 0 Å². The van der Waals surface area contributed by atoms with Crippen molar-refractivity contribution in [1.29, 1.82) is 0 Å². The van der Waals surface area contributed by atoms with Crippen molar-refractivity contribution < 1.29 is 4.74 Å². The molecule has 1 aromatic heterocycles. The fraction of sp³-hybridized carbons (Fsp3) is 0.733. The fourth-order valence-electron chi connectivity index (χ4n) is 4.07. The number of fused-ring (bicyclic) bond motifs is 2. The molecule has 0 amide bonds. The Labute approximate surface area is 113 Å². The number of aryl methyl sites for hydroxylation is 1. The molecule has 3 atom stereocenters. The second kappa shape index (κ2) is 3.84. The summed E-state index contributed by atoms with van der Waals surface area (Å²) in [5.74, 6) is 1.80. The first kappa shape index (κ1) is 12.7. The summed E-state index contributed by atoms with van der Waals surface area (Å²) in [7, 11) is 0. The van der Waals surface area contributed by atoms with Gasteiger partial charge in [-0.15, -0.1) is 0 Å². The van der Waals surface area contributed by atoms with Crippen LogP contribution in [0, 0.1) is 23.7 Å². The van der Waals surface area contributed by atoms with Gasteiger partial charge >= 0.3 is 0 Å². The van der Waals surface area contributed by atoms with Crippen LogP contribution < -0.4 is 10.3 Å². The van der Waals surface area contributed by atoms with Gasteiger partial charge in [0.1, 0.15) is 11.9 Å². The Bertz CT molecular complexity index is 564. The number of nitrogens with zero attached hydrogens (tertiary/aromatic N) is 1. The van der Waals surface area contributed by atoms with Crippen LogP contribution >= 0.6 is 0 Å². The molecule has 0 spiro atoms. The molecule has 0 aliphatic heterocycles. The minimum absolute atomic E-state index is 0.143. The van der Waals surface area contributed by atoms with Crippen LogP contribution in [-0.4, -0.2) is 16.1 Å². The van der Waals surface area contributed by atoms with E-state index in [1.165, 1.54) is 18.9 Å². The van der Waals surface area contributed by atoms with Crippen LogP contribution in [0.5, 0.6) is 5.88 Å². The van der Waals surface area contributed by atoms with Gasteiger partial charge in [-0.1, -0.05) is 20.8 Å². The van der Waals surface area contributed by atoms with Gasteiger partial charge in [-0.2, -0.15) is 0 Å². The van der Waals surface area contributed by atoms with Gasteiger partial charge in [0.2, 0.25) is 5.88 Å². The Morgan fingerprint density at radius 3 is 2.68 bits per heavy atom. The first-order valence-electron chi connectivity index (χ1n) is 7.07. The normalized spacial score (nSPS) is 35.6. The Hall–Kier alpha value is -1.32. The second-order valence-electron chi connectivity index (χ2n) is 6.89. The van der Waals surface area contributed by atoms with Crippen molar-refractivity contribution in [3.63, 3.8) is 0 Å². The van der Waals surface area contributed by atoms with Gasteiger partial charge in [-0.25, -0.2) is 4.98 Å². The summed E-state index contributed by atoms with van der Waals surface area (Å²) in [4.78, 5) is 18.4. The number of rotatable bonds is 2. The molecule has 104 valence electrons. The van der Waals surface area contributed by atoms with Crippen molar-refractivity contribution >= 4 is 0 Å². The van der Waals surface area contributed by atoms with Crippen LogP contribution in [0.3, 0.4) is 0 Å². The summed E-state index contributed by atoms with van der Waals surface area (Å²) in [6.45, 7) is 8.81. The lowest BCUT2D eigenvalue weighted by Crippen LogP contribution is -2.39. The molecule has 2 bridgehead atoms. The van der Waals surface area contributed by atoms with E-state index in [-0.39, 0.29) is 17.1 Å². The minimum atomic E-state index is -0.143. The standard InChI is InChI=1S/C15H22N2O2/c1-9-16-12(18)8-13(17-9)19-11-7-10-5-6-15(11,4)14(10,2)3/h8,10-11H,5-7H2,1-4H3,(H,16,17,18). The highest BCUT2D eigenvalue weighted by Gasteiger charge is 2.62. The lowest BCUT2D eigenvalue weighted by molar-refractivity contribution is 0.0270. The molecule has 1 aromatic rings. The molecule has 3 unspecified atom stereocenters. The largest absolute Gasteiger partial charge is 0.474 e. The van der Waals surface area contributed by atoms with E-state index in [1.807, 2.05) is 0 Å². The van der Waals surface area contributed by atoms with E-state index < -0.39 is 0 Å². The molecular formula is C15H22N2O2. The van der Waals surface area contributed by atoms with E-state index in [0.717, 1.165) is 12.3 Å². The van der Waals surface area contributed by atoms with Crippen molar-refractivity contribution in [2.75, 3.05) is 0 Å². The van der Waals surface area contributed by atoms with Gasteiger partial charge in [-0.3, -0.25) is 4.79 Å². The molecular weight excluding hydrogens is 240 g/mol. The van der Waals surface area contributed by atoms with Crippen molar-refractivity contribution in [3.05, 3.63) is 22.2 Å². The van der Waals surface area contributed by atoms with Crippen LogP contribution in [-0.2, 0) is 0 Å². The third-order valence-electron chi connectivity index (χ3n) is 5.81. The van der Waals surface area contributed by atoms with Gasteiger partial charge in [0, 0.05) is 5.41 Å². The van der Waals surface area contributed by atoms with Gasteiger partial charge in [0.25, 0.3) is 5.56 Å². The van der Waals surface area contributed by atoms with E-state index in [0.29, 0.717) is 17.1 Å². The third kappa shape index (κ3) is 1.72. The van der Waals surface area contributed by atoms with Crippen LogP contribution in [0.25, 0.3) is 0 Å². The molecule has 1 N–H and O–H groups in total. The summed E-state index contributed by atoms with van der Waals surface area (Å²) < 4.78 is 6.08. The molecule has 4 nitrogen and oxygen atoms in total. The first-order valence-corrected chi connectivity index (χ1v) is 7.07. The summed E-state index contributed by atoms with van der Waals surface area (Å²) >= 11 is 0. The highest BCUT2D eigenvalue weighted by Crippen LogP contribution is 2.66. The number of H-pyrrole nitrogens is 1. The Kier molecular flexibility index (Phi) is 2.57. The van der Waals surface area contributed by atoms with E-state index in [4.69, 9.17) is 4.74 Å². The molecule has 0 aromatic carbocycles. The van der Waals surface area contributed by atoms with Crippen molar-refractivity contribution in [1.82, 2.24) is 9.97 Å². The number of aromatic nitrogens is 2. The van der Waals surface area contributed by atoms with Crippen LogP contribution in [0.1, 0.15) is 45.9 Å². The Morgan fingerprint density at radius 2 is 2.16 bits per heavy atom. The zero-order valence-corrected chi connectivity index (χ0v) is 12.1. The minimum Gasteiger partial charge on any atom is -0.474 e. The maximum atomic E-state index is 11.5. The van der Waals surface area contributed by atoms with Crippen molar-refractivity contribution in [2.24, 2.45) is 16.7 Å². The van der Waals surface area contributed by atoms with Gasteiger partial charge in [-0.05, 0) is 37.5 Å². The maximum absolute atomic E-state index is 11.5. The average molecular weight is 262 g/mol. The van der Waals surface area contributed by atoms with Crippen LogP contribution in [0.2, 0.25) is 0 Å². The molecule has 2 aliphatic carbocycles. The molecule has 2 saturated carbocycles. The topological polar surface area (TPSA) is 55.0 Å². The van der Waals surface area contributed by atoms with Crippen molar-refractivity contribution in [3.8, 4) is 5.88 Å². The number of hydrogen-bond acceptors (Lipinski definition) is 3. The van der Waals surface area contributed by atoms with E-state index in [9.17, 15) is 4.79 Å². The van der Waals surface area contributed by atoms with Gasteiger partial charge < -0.3 is 9.72 Å². The zero-order valence-electron chi connectivity index (χ0n) is 12.1. The van der Waals surface area contributed by atoms with E-state index in [2.05, 4.69) is 30.7 Å². The molecule has 2 aliphatic rings. The third-order valence-corrected chi connectivity index (χ3v) is 5.81. The van der Waals surface area contributed by atoms with Gasteiger partial charge in [0.05, 0.1) is 6.07 Å². The number of ether oxygens (including phenoxy) is 1. The van der Waals surface area contributed by atoms with Crippen molar-refractivity contribution in [2.45, 2.75) is 53.1 Å². The van der Waals surface area contributed by atoms with E-state index >= 15 is 0 Å². The number of aromatic amines is 1. The molecule has 2 fully saturated rings. The number of nitrogens with one attached hydrogen (secondary N) is 1. The fourth-order valence-corrected chi connectivity index (χ4v) is 4.07. The predicted octanol–water partition coefficient (Wildman–Crippen LogP) is 2.67. The molecule has 0 radical (unpaired) electrons. The molecule has 19 heavy (non-hydrogen) atoms. The average Bonchev–Trinajstić information content (AvgIpc) is 2.60. The monoisotopic (exact) mass is 262 g/mol. The quantitative estimate of drug-likeness (QED) is 0.891. The van der Waals surface area contributed by atoms with Crippen LogP contribution in [0.15, 0.2) is 10.9 Å². The second-order valence-corrected chi connectivity index (χ2v) is 6.89. The highest BCUT2D eigenvalue weighted by atomic mass is 16.5. The lowest BCUT2D eigenvalue weighted by atomic mass is 9.70. The summed E-state index contributed by atoms with van der Waals surface area (Å²) in [5, 5.41) is 0. The summed E-state index contributed by atoms with van der Waals surface area (Å²) in [6.07, 6.45) is 3.76.